The van der Waals surface area contributed by atoms with Crippen LogP contribution in [0.15, 0.2) is 58.4 Å². The molecule has 176 valence electrons. The number of pyridine rings is 1. The van der Waals surface area contributed by atoms with E-state index in [2.05, 4.69) is 53.6 Å². The number of benzene rings is 1. The molecule has 1 aliphatic rings. The molecule has 0 radical (unpaired) electrons. The van der Waals surface area contributed by atoms with Gasteiger partial charge in [-0.25, -0.2) is 4.99 Å². The predicted octanol–water partition coefficient (Wildman–Crippen LogP) is 3.83. The molecular weight excluding hydrogens is 513 g/mol. The van der Waals surface area contributed by atoms with E-state index in [1.54, 1.807) is 16.7 Å². The van der Waals surface area contributed by atoms with Crippen molar-refractivity contribution >= 4 is 29.9 Å². The van der Waals surface area contributed by atoms with Crippen molar-refractivity contribution in [3.8, 4) is 0 Å². The molecule has 0 amide bonds. The highest BCUT2D eigenvalue weighted by Gasteiger charge is 2.17. The van der Waals surface area contributed by atoms with Gasteiger partial charge in [-0.1, -0.05) is 36.8 Å². The van der Waals surface area contributed by atoms with Crippen LogP contribution in [0.25, 0.3) is 0 Å². The largest absolute Gasteiger partial charge is 0.357 e. The van der Waals surface area contributed by atoms with Crippen molar-refractivity contribution < 1.29 is 0 Å². The summed E-state index contributed by atoms with van der Waals surface area (Å²) in [5.74, 6) is 0.870. The Bertz CT molecular complexity index is 880. The van der Waals surface area contributed by atoms with Gasteiger partial charge in [0.2, 0.25) is 0 Å². The van der Waals surface area contributed by atoms with Crippen molar-refractivity contribution in [2.24, 2.45) is 4.99 Å². The first-order chi connectivity index (χ1) is 15.2. The molecule has 1 fully saturated rings. The molecule has 1 saturated heterocycles. The molecule has 2 N–H and O–H groups in total. The van der Waals surface area contributed by atoms with Gasteiger partial charge in [-0.05, 0) is 56.8 Å². The second kappa shape index (κ2) is 14.3. The van der Waals surface area contributed by atoms with Crippen molar-refractivity contribution in [2.45, 2.75) is 58.7 Å². The Kier molecular flexibility index (Phi) is 11.8. The van der Waals surface area contributed by atoms with E-state index in [4.69, 9.17) is 4.99 Å². The Hall–Kier alpha value is -1.87. The van der Waals surface area contributed by atoms with Crippen LogP contribution in [0.2, 0.25) is 0 Å². The standard InChI is InChI=1S/C25H37N5O.HI/c1-3-26-25(27-15-8-18-29-16-6-4-9-21(29)2)28-19-22-11-13-23(14-12-22)20-30-17-7-5-10-24(30)31;/h5,7,10-14,17,21H,3-4,6,8-9,15-16,18-20H2,1-2H3,(H2,26,27,28);1H. The molecular formula is C25H38IN5O. The number of nitrogens with zero attached hydrogens (tertiary/aromatic N) is 3. The highest BCUT2D eigenvalue weighted by molar-refractivity contribution is 14.0. The average molecular weight is 552 g/mol. The normalized spacial score (nSPS) is 16.9. The van der Waals surface area contributed by atoms with Crippen LogP contribution in [0.5, 0.6) is 0 Å². The molecule has 3 rings (SSSR count). The summed E-state index contributed by atoms with van der Waals surface area (Å²) < 4.78 is 1.71. The zero-order valence-electron chi connectivity index (χ0n) is 19.4. The third-order valence-electron chi connectivity index (χ3n) is 5.89. The Balaban J connectivity index is 0.00000363. The molecule has 32 heavy (non-hydrogen) atoms. The van der Waals surface area contributed by atoms with Crippen molar-refractivity contribution in [2.75, 3.05) is 26.2 Å². The van der Waals surface area contributed by atoms with Crippen molar-refractivity contribution in [3.63, 3.8) is 0 Å². The minimum absolute atomic E-state index is 0. The number of halogens is 1. The minimum atomic E-state index is 0. The highest BCUT2D eigenvalue weighted by Crippen LogP contribution is 2.16. The SMILES string of the molecule is CCNC(=NCc1ccc(Cn2ccccc2=O)cc1)NCCCN1CCCCC1C.I. The molecule has 1 aromatic heterocycles. The maximum atomic E-state index is 11.9. The van der Waals surface area contributed by atoms with Gasteiger partial charge in [-0.15, -0.1) is 24.0 Å². The summed E-state index contributed by atoms with van der Waals surface area (Å²) in [5.41, 5.74) is 2.29. The minimum Gasteiger partial charge on any atom is -0.357 e. The van der Waals surface area contributed by atoms with Crippen molar-refractivity contribution in [3.05, 3.63) is 70.1 Å². The van der Waals surface area contributed by atoms with E-state index in [0.717, 1.165) is 49.2 Å². The molecule has 1 atom stereocenters. The zero-order chi connectivity index (χ0) is 21.9. The number of piperidine rings is 1. The maximum Gasteiger partial charge on any atom is 0.250 e. The van der Waals surface area contributed by atoms with Crippen LogP contribution < -0.4 is 16.2 Å². The molecule has 1 aliphatic heterocycles. The summed E-state index contributed by atoms with van der Waals surface area (Å²) >= 11 is 0. The third kappa shape index (κ3) is 8.58. The second-order valence-electron chi connectivity index (χ2n) is 8.34. The molecule has 1 unspecified atom stereocenters. The lowest BCUT2D eigenvalue weighted by Gasteiger charge is -2.33. The smallest absolute Gasteiger partial charge is 0.250 e. The predicted molar refractivity (Wildman–Crippen MR) is 144 cm³/mol. The molecule has 0 bridgehead atoms. The van der Waals surface area contributed by atoms with E-state index in [0.29, 0.717) is 13.1 Å². The van der Waals surface area contributed by atoms with Crippen molar-refractivity contribution in [1.82, 2.24) is 20.1 Å². The quantitative estimate of drug-likeness (QED) is 0.215. The molecule has 1 aromatic carbocycles. The van der Waals surface area contributed by atoms with Crippen LogP contribution in [-0.4, -0.2) is 47.6 Å². The second-order valence-corrected chi connectivity index (χ2v) is 8.34. The first-order valence-electron chi connectivity index (χ1n) is 11.6. The number of guanidine groups is 1. The summed E-state index contributed by atoms with van der Waals surface area (Å²) in [6.45, 7) is 9.82. The van der Waals surface area contributed by atoms with Crippen LogP contribution in [0.4, 0.5) is 0 Å². The number of rotatable bonds is 9. The van der Waals surface area contributed by atoms with Crippen LogP contribution in [0, 0.1) is 0 Å². The number of likely N-dealkylation sites (tertiary alicyclic amines) is 1. The summed E-state index contributed by atoms with van der Waals surface area (Å²) in [4.78, 5) is 19.2. The van der Waals surface area contributed by atoms with Gasteiger partial charge in [0.25, 0.3) is 5.56 Å². The summed E-state index contributed by atoms with van der Waals surface area (Å²) in [5, 5.41) is 6.81. The number of aliphatic imine (C=N–C) groups is 1. The summed E-state index contributed by atoms with van der Waals surface area (Å²) in [6.07, 6.45) is 6.99. The molecule has 0 saturated carbocycles. The number of hydrogen-bond donors (Lipinski definition) is 2. The molecule has 2 aromatic rings. The molecule has 0 aliphatic carbocycles. The Morgan fingerprint density at radius 1 is 1.09 bits per heavy atom. The Labute approximate surface area is 209 Å². The fraction of sp³-hybridized carbons (Fsp3) is 0.520. The van der Waals surface area contributed by atoms with Gasteiger partial charge < -0.3 is 20.1 Å². The van der Waals surface area contributed by atoms with E-state index < -0.39 is 0 Å². The summed E-state index contributed by atoms with van der Waals surface area (Å²) in [7, 11) is 0. The van der Waals surface area contributed by atoms with Gasteiger partial charge in [0.05, 0.1) is 13.1 Å². The summed E-state index contributed by atoms with van der Waals surface area (Å²) in [6, 6.07) is 14.3. The number of nitrogens with one attached hydrogen (secondary N) is 2. The van der Waals surface area contributed by atoms with Gasteiger partial charge >= 0.3 is 0 Å². The van der Waals surface area contributed by atoms with E-state index in [1.807, 2.05) is 12.3 Å². The van der Waals surface area contributed by atoms with Crippen LogP contribution in [0.3, 0.4) is 0 Å². The van der Waals surface area contributed by atoms with Gasteiger partial charge in [0.1, 0.15) is 0 Å². The van der Waals surface area contributed by atoms with Crippen molar-refractivity contribution in [1.29, 1.82) is 0 Å². The molecule has 7 heteroatoms. The fourth-order valence-corrected chi connectivity index (χ4v) is 4.03. The molecule has 0 spiro atoms. The third-order valence-corrected chi connectivity index (χ3v) is 5.89. The van der Waals surface area contributed by atoms with Gasteiger partial charge in [-0.3, -0.25) is 4.79 Å². The fourth-order valence-electron chi connectivity index (χ4n) is 4.03. The lowest BCUT2D eigenvalue weighted by molar-refractivity contribution is 0.159. The molecule has 2 heterocycles. The number of hydrogen-bond acceptors (Lipinski definition) is 3. The van der Waals surface area contributed by atoms with E-state index >= 15 is 0 Å². The maximum absolute atomic E-state index is 11.9. The first kappa shape index (κ1) is 26.4. The Morgan fingerprint density at radius 3 is 2.59 bits per heavy atom. The van der Waals surface area contributed by atoms with E-state index in [-0.39, 0.29) is 29.5 Å². The average Bonchev–Trinajstić information content (AvgIpc) is 2.78. The lowest BCUT2D eigenvalue weighted by atomic mass is 10.0. The molecule has 6 nitrogen and oxygen atoms in total. The zero-order valence-corrected chi connectivity index (χ0v) is 21.8. The monoisotopic (exact) mass is 551 g/mol. The van der Waals surface area contributed by atoms with Crippen LogP contribution >= 0.6 is 24.0 Å². The highest BCUT2D eigenvalue weighted by atomic mass is 127. The van der Waals surface area contributed by atoms with Gasteiger partial charge in [0, 0.05) is 37.9 Å². The van der Waals surface area contributed by atoms with E-state index in [9.17, 15) is 4.79 Å². The van der Waals surface area contributed by atoms with Crippen LogP contribution in [-0.2, 0) is 13.1 Å². The topological polar surface area (TPSA) is 61.7 Å². The Morgan fingerprint density at radius 2 is 1.88 bits per heavy atom. The number of aromatic nitrogens is 1. The van der Waals surface area contributed by atoms with E-state index in [1.165, 1.54) is 25.8 Å². The first-order valence-corrected chi connectivity index (χ1v) is 11.6. The lowest BCUT2D eigenvalue weighted by Crippen LogP contribution is -2.41. The van der Waals surface area contributed by atoms with Gasteiger partial charge in [-0.2, -0.15) is 0 Å². The van der Waals surface area contributed by atoms with Gasteiger partial charge in [0.15, 0.2) is 5.96 Å². The van der Waals surface area contributed by atoms with Crippen LogP contribution in [0.1, 0.15) is 50.7 Å².